The first-order valence-corrected chi connectivity index (χ1v) is 8.03. The normalized spacial score (nSPS) is 10.4. The average Bonchev–Trinajstić information content (AvgIpc) is 2.61. The first-order valence-electron chi connectivity index (χ1n) is 7.62. The number of benzene rings is 2. The van der Waals surface area contributed by atoms with Crippen LogP contribution in [0.3, 0.4) is 0 Å². The molecule has 0 saturated heterocycles. The van der Waals surface area contributed by atoms with Crippen LogP contribution >= 0.6 is 12.2 Å². The van der Waals surface area contributed by atoms with Gasteiger partial charge in [-0.05, 0) is 36.8 Å². The van der Waals surface area contributed by atoms with Gasteiger partial charge >= 0.3 is 5.69 Å². The van der Waals surface area contributed by atoms with Crippen molar-refractivity contribution < 1.29 is 9.66 Å². The first-order chi connectivity index (χ1) is 12.1. The molecule has 0 aliphatic heterocycles. The lowest BCUT2D eigenvalue weighted by Crippen LogP contribution is -2.31. The maximum atomic E-state index is 11.3. The summed E-state index contributed by atoms with van der Waals surface area (Å²) in [4.78, 5) is 10.8. The van der Waals surface area contributed by atoms with Crippen LogP contribution in [0, 0.1) is 10.1 Å². The van der Waals surface area contributed by atoms with E-state index in [4.69, 9.17) is 17.0 Å². The second-order valence-electron chi connectivity index (χ2n) is 4.99. The highest BCUT2D eigenvalue weighted by atomic mass is 32.1. The lowest BCUT2D eigenvalue weighted by atomic mass is 10.2. The number of thiocarbonyl (C=S) groups is 1. The SMILES string of the molecule is CCNC(=S)NN=Cc1ccc(OCc2ccccc2)c([N+](=O)[O-])c1. The van der Waals surface area contributed by atoms with E-state index in [-0.39, 0.29) is 18.0 Å². The summed E-state index contributed by atoms with van der Waals surface area (Å²) in [7, 11) is 0. The van der Waals surface area contributed by atoms with Crippen LogP contribution in [0.2, 0.25) is 0 Å². The van der Waals surface area contributed by atoms with Crippen molar-refractivity contribution in [2.75, 3.05) is 6.54 Å². The minimum atomic E-state index is -0.478. The average molecular weight is 358 g/mol. The summed E-state index contributed by atoms with van der Waals surface area (Å²) in [6.07, 6.45) is 1.46. The Bertz CT molecular complexity index is 766. The molecular formula is C17H18N4O3S. The standard InChI is InChI=1S/C17H18N4O3S/c1-2-18-17(25)20-19-11-14-8-9-16(15(10-14)21(22)23)24-12-13-6-4-3-5-7-13/h3-11H,2,12H2,1H3,(H2,18,20,25). The lowest BCUT2D eigenvalue weighted by molar-refractivity contribution is -0.385. The second-order valence-corrected chi connectivity index (χ2v) is 5.40. The van der Waals surface area contributed by atoms with Crippen molar-refractivity contribution >= 4 is 29.2 Å². The van der Waals surface area contributed by atoms with Gasteiger partial charge in [0.15, 0.2) is 10.9 Å². The molecular weight excluding hydrogens is 340 g/mol. The van der Waals surface area contributed by atoms with Gasteiger partial charge in [-0.15, -0.1) is 0 Å². The Morgan fingerprint density at radius 3 is 2.76 bits per heavy atom. The molecule has 0 radical (unpaired) electrons. The lowest BCUT2D eigenvalue weighted by Gasteiger charge is -2.07. The zero-order valence-corrected chi connectivity index (χ0v) is 14.5. The Labute approximate surface area is 150 Å². The summed E-state index contributed by atoms with van der Waals surface area (Å²) in [6, 6.07) is 14.1. The van der Waals surface area contributed by atoms with Gasteiger partial charge in [0.25, 0.3) is 0 Å². The Morgan fingerprint density at radius 1 is 1.32 bits per heavy atom. The summed E-state index contributed by atoms with van der Waals surface area (Å²) in [5.74, 6) is 0.210. The van der Waals surface area contributed by atoms with E-state index in [2.05, 4.69) is 15.8 Å². The monoisotopic (exact) mass is 358 g/mol. The summed E-state index contributed by atoms with van der Waals surface area (Å²) in [5.41, 5.74) is 4.01. The molecule has 0 fully saturated rings. The van der Waals surface area contributed by atoms with Crippen LogP contribution in [0.5, 0.6) is 5.75 Å². The van der Waals surface area contributed by atoms with Crippen LogP contribution in [0.4, 0.5) is 5.69 Å². The predicted octanol–water partition coefficient (Wildman–Crippen LogP) is 2.99. The van der Waals surface area contributed by atoms with Crippen molar-refractivity contribution in [3.63, 3.8) is 0 Å². The molecule has 2 aromatic carbocycles. The van der Waals surface area contributed by atoms with Crippen molar-refractivity contribution in [1.29, 1.82) is 0 Å². The molecule has 25 heavy (non-hydrogen) atoms. The van der Waals surface area contributed by atoms with Crippen LogP contribution in [-0.4, -0.2) is 22.8 Å². The fourth-order valence-electron chi connectivity index (χ4n) is 1.98. The number of hydrogen-bond donors (Lipinski definition) is 2. The molecule has 0 unspecified atom stereocenters. The van der Waals surface area contributed by atoms with Crippen molar-refractivity contribution in [3.05, 3.63) is 69.8 Å². The summed E-state index contributed by atoms with van der Waals surface area (Å²) in [5, 5.41) is 18.5. The molecule has 0 saturated carbocycles. The zero-order valence-electron chi connectivity index (χ0n) is 13.6. The minimum absolute atomic E-state index is 0.117. The highest BCUT2D eigenvalue weighted by molar-refractivity contribution is 7.80. The van der Waals surface area contributed by atoms with Crippen molar-refractivity contribution in [2.45, 2.75) is 13.5 Å². The Balaban J connectivity index is 2.07. The number of rotatable bonds is 7. The Kier molecular flexibility index (Phi) is 6.85. The molecule has 0 amide bonds. The highest BCUT2D eigenvalue weighted by Crippen LogP contribution is 2.28. The summed E-state index contributed by atoms with van der Waals surface area (Å²) >= 11 is 4.97. The molecule has 0 spiro atoms. The van der Waals surface area contributed by atoms with E-state index in [0.29, 0.717) is 17.2 Å². The molecule has 0 atom stereocenters. The van der Waals surface area contributed by atoms with Crippen LogP contribution in [-0.2, 0) is 6.61 Å². The molecule has 2 aromatic rings. The topological polar surface area (TPSA) is 88.8 Å². The number of ether oxygens (including phenoxy) is 1. The van der Waals surface area contributed by atoms with Gasteiger partial charge in [-0.25, -0.2) is 0 Å². The van der Waals surface area contributed by atoms with Gasteiger partial charge in [0.1, 0.15) is 6.61 Å². The van der Waals surface area contributed by atoms with Gasteiger partial charge in [0, 0.05) is 18.2 Å². The van der Waals surface area contributed by atoms with Gasteiger partial charge in [-0.3, -0.25) is 15.5 Å². The molecule has 130 valence electrons. The van der Waals surface area contributed by atoms with Gasteiger partial charge in [0.05, 0.1) is 11.1 Å². The zero-order chi connectivity index (χ0) is 18.1. The third kappa shape index (κ3) is 5.85. The van der Waals surface area contributed by atoms with Crippen LogP contribution in [0.1, 0.15) is 18.1 Å². The van der Waals surface area contributed by atoms with Crippen LogP contribution < -0.4 is 15.5 Å². The first kappa shape index (κ1) is 18.3. The van der Waals surface area contributed by atoms with Gasteiger partial charge in [-0.2, -0.15) is 5.10 Å². The maximum Gasteiger partial charge on any atom is 0.311 e. The highest BCUT2D eigenvalue weighted by Gasteiger charge is 2.15. The summed E-state index contributed by atoms with van der Waals surface area (Å²) in [6.45, 7) is 2.85. The minimum Gasteiger partial charge on any atom is -0.482 e. The molecule has 0 aliphatic carbocycles. The fourth-order valence-corrected chi connectivity index (χ4v) is 2.18. The number of hydrogen-bond acceptors (Lipinski definition) is 5. The molecule has 2 N–H and O–H groups in total. The Hall–Kier alpha value is -3.00. The maximum absolute atomic E-state index is 11.3. The van der Waals surface area contributed by atoms with E-state index >= 15 is 0 Å². The van der Waals surface area contributed by atoms with Crippen molar-refractivity contribution in [2.24, 2.45) is 5.10 Å². The van der Waals surface area contributed by atoms with Crippen LogP contribution in [0.25, 0.3) is 0 Å². The molecule has 0 bridgehead atoms. The molecule has 7 nitrogen and oxygen atoms in total. The van der Waals surface area contributed by atoms with Gasteiger partial charge in [0.2, 0.25) is 0 Å². The third-order valence-corrected chi connectivity index (χ3v) is 3.37. The van der Waals surface area contributed by atoms with Crippen molar-refractivity contribution in [1.82, 2.24) is 10.7 Å². The van der Waals surface area contributed by atoms with Crippen molar-refractivity contribution in [3.8, 4) is 5.75 Å². The molecule has 2 rings (SSSR count). The molecule has 0 aliphatic rings. The number of nitro benzene ring substituents is 1. The van der Waals surface area contributed by atoms with E-state index in [0.717, 1.165) is 5.56 Å². The largest absolute Gasteiger partial charge is 0.482 e. The molecule has 8 heteroatoms. The number of nitro groups is 1. The fraction of sp³-hybridized carbons (Fsp3) is 0.176. The van der Waals surface area contributed by atoms with E-state index in [1.807, 2.05) is 37.3 Å². The van der Waals surface area contributed by atoms with Gasteiger partial charge in [-0.1, -0.05) is 30.3 Å². The molecule has 0 aromatic heterocycles. The smallest absolute Gasteiger partial charge is 0.311 e. The summed E-state index contributed by atoms with van der Waals surface area (Å²) < 4.78 is 5.58. The van der Waals surface area contributed by atoms with Crippen LogP contribution in [0.15, 0.2) is 53.6 Å². The number of nitrogens with one attached hydrogen (secondary N) is 2. The molecule has 0 heterocycles. The number of nitrogens with zero attached hydrogens (tertiary/aromatic N) is 2. The third-order valence-electron chi connectivity index (χ3n) is 3.13. The van der Waals surface area contributed by atoms with E-state index in [1.165, 1.54) is 12.3 Å². The van der Waals surface area contributed by atoms with Gasteiger partial charge < -0.3 is 10.1 Å². The number of hydrazone groups is 1. The quantitative estimate of drug-likeness (QED) is 0.342. The predicted molar refractivity (Wildman–Crippen MR) is 101 cm³/mol. The van der Waals surface area contributed by atoms with E-state index in [1.54, 1.807) is 12.1 Å². The van der Waals surface area contributed by atoms with E-state index < -0.39 is 4.92 Å². The Morgan fingerprint density at radius 2 is 2.08 bits per heavy atom. The second kappa shape index (κ2) is 9.33. The van der Waals surface area contributed by atoms with E-state index in [9.17, 15) is 10.1 Å².